The van der Waals surface area contributed by atoms with Crippen molar-refractivity contribution in [3.05, 3.63) is 30.6 Å². The smallest absolute Gasteiger partial charge is 0.274 e. The van der Waals surface area contributed by atoms with Gasteiger partial charge in [-0.1, -0.05) is 5.21 Å². The predicted octanol–water partition coefficient (Wildman–Crippen LogP) is 1.61. The lowest BCUT2D eigenvalue weighted by atomic mass is 9.98. The first kappa shape index (κ1) is 14.7. The molecule has 2 aromatic heterocycles. The van der Waals surface area contributed by atoms with Crippen LogP contribution < -0.4 is 0 Å². The topological polar surface area (TPSA) is 68.8 Å². The summed E-state index contributed by atoms with van der Waals surface area (Å²) in [5.74, 6) is 0.453. The van der Waals surface area contributed by atoms with E-state index in [2.05, 4.69) is 29.1 Å². The molecule has 1 aliphatic heterocycles. The van der Waals surface area contributed by atoms with E-state index in [-0.39, 0.29) is 5.91 Å². The average molecular weight is 302 g/mol. The Balaban J connectivity index is 1.64. The van der Waals surface area contributed by atoms with Crippen LogP contribution in [0.3, 0.4) is 0 Å². The summed E-state index contributed by atoms with van der Waals surface area (Å²) in [7, 11) is 0. The number of hydrogen-bond acceptors (Lipinski definition) is 4. The molecule has 3 rings (SSSR count). The van der Waals surface area contributed by atoms with E-state index >= 15 is 0 Å². The Hall–Kier alpha value is -2.18. The van der Waals surface area contributed by atoms with Gasteiger partial charge in [0, 0.05) is 38.1 Å². The van der Waals surface area contributed by atoms with Crippen LogP contribution in [0.15, 0.2) is 24.9 Å². The summed E-state index contributed by atoms with van der Waals surface area (Å²) in [5.41, 5.74) is 0.537. The number of carbonyl (C=O) groups is 1. The highest BCUT2D eigenvalue weighted by Gasteiger charge is 2.26. The van der Waals surface area contributed by atoms with Gasteiger partial charge >= 0.3 is 0 Å². The van der Waals surface area contributed by atoms with Crippen molar-refractivity contribution in [2.24, 2.45) is 5.92 Å². The molecule has 1 atom stereocenters. The highest BCUT2D eigenvalue weighted by atomic mass is 16.2. The number of likely N-dealkylation sites (tertiary alicyclic amines) is 1. The third-order valence-electron chi connectivity index (χ3n) is 4.14. The van der Waals surface area contributed by atoms with Crippen LogP contribution in [0, 0.1) is 5.92 Å². The lowest BCUT2D eigenvalue weighted by Crippen LogP contribution is -2.41. The number of hydrogen-bond donors (Lipinski definition) is 0. The quantitative estimate of drug-likeness (QED) is 0.860. The maximum Gasteiger partial charge on any atom is 0.274 e. The van der Waals surface area contributed by atoms with Gasteiger partial charge in [-0.2, -0.15) is 0 Å². The Morgan fingerprint density at radius 2 is 2.32 bits per heavy atom. The van der Waals surface area contributed by atoms with E-state index in [9.17, 15) is 4.79 Å². The molecule has 7 nitrogen and oxygen atoms in total. The second-order valence-corrected chi connectivity index (χ2v) is 6.18. The van der Waals surface area contributed by atoms with Crippen LogP contribution in [0.4, 0.5) is 0 Å². The summed E-state index contributed by atoms with van der Waals surface area (Å²) in [4.78, 5) is 18.8. The summed E-state index contributed by atoms with van der Waals surface area (Å²) >= 11 is 0. The number of nitrogens with zero attached hydrogens (tertiary/aromatic N) is 6. The van der Waals surface area contributed by atoms with Crippen molar-refractivity contribution in [3.8, 4) is 0 Å². The van der Waals surface area contributed by atoms with Gasteiger partial charge in [0.25, 0.3) is 5.91 Å². The van der Waals surface area contributed by atoms with Gasteiger partial charge in [-0.05, 0) is 32.6 Å². The summed E-state index contributed by atoms with van der Waals surface area (Å²) < 4.78 is 3.80. The Morgan fingerprint density at radius 3 is 3.00 bits per heavy atom. The van der Waals surface area contributed by atoms with Gasteiger partial charge in [-0.15, -0.1) is 5.10 Å². The Bertz CT molecular complexity index is 618. The summed E-state index contributed by atoms with van der Waals surface area (Å²) in [6.45, 7) is 6.52. The van der Waals surface area contributed by atoms with Crippen LogP contribution in [0.2, 0.25) is 0 Å². The van der Waals surface area contributed by atoms with Crippen molar-refractivity contribution in [1.82, 2.24) is 29.4 Å². The van der Waals surface area contributed by atoms with Gasteiger partial charge in [0.15, 0.2) is 0 Å². The average Bonchev–Trinajstić information content (AvgIpc) is 3.18. The first-order chi connectivity index (χ1) is 10.6. The second-order valence-electron chi connectivity index (χ2n) is 6.18. The molecule has 3 heterocycles. The molecule has 22 heavy (non-hydrogen) atoms. The second kappa shape index (κ2) is 6.29. The molecule has 0 bridgehead atoms. The molecule has 1 fully saturated rings. The van der Waals surface area contributed by atoms with Crippen LogP contribution in [0.25, 0.3) is 0 Å². The molecule has 1 saturated heterocycles. The third-order valence-corrected chi connectivity index (χ3v) is 4.14. The number of amides is 1. The molecule has 0 N–H and O–H groups in total. The minimum absolute atomic E-state index is 0.0303. The normalized spacial score (nSPS) is 18.9. The van der Waals surface area contributed by atoms with Crippen molar-refractivity contribution in [3.63, 3.8) is 0 Å². The van der Waals surface area contributed by atoms with E-state index in [4.69, 9.17) is 0 Å². The first-order valence-corrected chi connectivity index (χ1v) is 7.80. The van der Waals surface area contributed by atoms with Gasteiger partial charge in [0.1, 0.15) is 5.69 Å². The molecule has 1 amide bonds. The fourth-order valence-electron chi connectivity index (χ4n) is 2.88. The predicted molar refractivity (Wildman–Crippen MR) is 81.3 cm³/mol. The minimum atomic E-state index is 0.0303. The van der Waals surface area contributed by atoms with Crippen molar-refractivity contribution < 1.29 is 4.79 Å². The van der Waals surface area contributed by atoms with E-state index in [0.717, 1.165) is 32.5 Å². The lowest BCUT2D eigenvalue weighted by Gasteiger charge is -2.32. The van der Waals surface area contributed by atoms with Gasteiger partial charge in [0.2, 0.25) is 0 Å². The van der Waals surface area contributed by atoms with Crippen molar-refractivity contribution in [1.29, 1.82) is 0 Å². The van der Waals surface area contributed by atoms with Crippen molar-refractivity contribution in [2.45, 2.75) is 39.3 Å². The van der Waals surface area contributed by atoms with Crippen LogP contribution in [-0.4, -0.2) is 48.4 Å². The minimum Gasteiger partial charge on any atom is -0.337 e. The number of imidazole rings is 1. The van der Waals surface area contributed by atoms with Crippen LogP contribution in [0.5, 0.6) is 0 Å². The zero-order valence-corrected chi connectivity index (χ0v) is 13.1. The molecular formula is C15H22N6O. The standard InChI is InChI=1S/C15H22N6O/c1-12(2)20-10-14(16-11-20)15(22)19-6-3-4-13(8-19)9-21-7-5-17-18-21/h5,7,10-13H,3-4,6,8-9H2,1-2H3/t13-/m0/s1. The zero-order chi connectivity index (χ0) is 15.5. The highest BCUT2D eigenvalue weighted by Crippen LogP contribution is 2.20. The Morgan fingerprint density at radius 1 is 1.45 bits per heavy atom. The summed E-state index contributed by atoms with van der Waals surface area (Å²) in [6, 6.07) is 0.315. The SMILES string of the molecule is CC(C)n1cnc(C(=O)N2CCC[C@H](Cn3ccnn3)C2)c1. The molecule has 0 aliphatic carbocycles. The van der Waals surface area contributed by atoms with E-state index < -0.39 is 0 Å². The molecule has 0 radical (unpaired) electrons. The molecule has 7 heteroatoms. The Kier molecular flexibility index (Phi) is 4.22. The van der Waals surface area contributed by atoms with Crippen LogP contribution in [-0.2, 0) is 6.54 Å². The molecule has 2 aromatic rings. The number of rotatable bonds is 4. The summed E-state index contributed by atoms with van der Waals surface area (Å²) in [6.07, 6.45) is 9.26. The van der Waals surface area contributed by atoms with E-state index in [1.807, 2.05) is 26.5 Å². The molecule has 0 spiro atoms. The lowest BCUT2D eigenvalue weighted by molar-refractivity contribution is 0.0654. The molecule has 118 valence electrons. The zero-order valence-electron chi connectivity index (χ0n) is 13.1. The fourth-order valence-corrected chi connectivity index (χ4v) is 2.88. The van der Waals surface area contributed by atoms with Crippen LogP contribution in [0.1, 0.15) is 43.2 Å². The fraction of sp³-hybridized carbons (Fsp3) is 0.600. The van der Waals surface area contributed by atoms with Gasteiger partial charge < -0.3 is 9.47 Å². The molecular weight excluding hydrogens is 280 g/mol. The number of piperidine rings is 1. The first-order valence-electron chi connectivity index (χ1n) is 7.80. The monoisotopic (exact) mass is 302 g/mol. The maximum absolute atomic E-state index is 12.6. The number of carbonyl (C=O) groups excluding carboxylic acids is 1. The molecule has 0 saturated carbocycles. The van der Waals surface area contributed by atoms with Crippen molar-refractivity contribution >= 4 is 5.91 Å². The Labute approximate surface area is 129 Å². The number of aromatic nitrogens is 5. The summed E-state index contributed by atoms with van der Waals surface area (Å²) in [5, 5.41) is 7.84. The molecule has 0 aromatic carbocycles. The molecule has 0 unspecified atom stereocenters. The highest BCUT2D eigenvalue weighted by molar-refractivity contribution is 5.92. The van der Waals surface area contributed by atoms with Crippen molar-refractivity contribution in [2.75, 3.05) is 13.1 Å². The molecule has 1 aliphatic rings. The van der Waals surface area contributed by atoms with E-state index in [1.54, 1.807) is 12.5 Å². The van der Waals surface area contributed by atoms with E-state index in [1.165, 1.54) is 0 Å². The van der Waals surface area contributed by atoms with Gasteiger partial charge in [0.05, 0.1) is 12.5 Å². The third kappa shape index (κ3) is 3.18. The maximum atomic E-state index is 12.6. The van der Waals surface area contributed by atoms with Crippen LogP contribution >= 0.6 is 0 Å². The van der Waals surface area contributed by atoms with Gasteiger partial charge in [-0.3, -0.25) is 9.48 Å². The largest absolute Gasteiger partial charge is 0.337 e. The van der Waals surface area contributed by atoms with Gasteiger partial charge in [-0.25, -0.2) is 4.98 Å². The van der Waals surface area contributed by atoms with E-state index in [0.29, 0.717) is 17.7 Å².